The third-order valence-electron chi connectivity index (χ3n) is 3.88. The van der Waals surface area contributed by atoms with E-state index in [1.165, 1.54) is 10.6 Å². The second kappa shape index (κ2) is 5.86. The van der Waals surface area contributed by atoms with Crippen molar-refractivity contribution in [3.05, 3.63) is 53.6 Å². The Labute approximate surface area is 134 Å². The highest BCUT2D eigenvalue weighted by Gasteiger charge is 2.19. The van der Waals surface area contributed by atoms with E-state index in [0.717, 1.165) is 34.4 Å². The SMILES string of the molecule is C=CCSc1c(CC)c(C)c(C#N)c2nc3ccccc3n12. The van der Waals surface area contributed by atoms with Gasteiger partial charge in [0, 0.05) is 5.75 Å². The van der Waals surface area contributed by atoms with Gasteiger partial charge in [-0.05, 0) is 36.6 Å². The number of nitrogens with zero attached hydrogens (tertiary/aromatic N) is 3. The van der Waals surface area contributed by atoms with Gasteiger partial charge in [-0.15, -0.1) is 18.3 Å². The summed E-state index contributed by atoms with van der Waals surface area (Å²) in [6.07, 6.45) is 2.80. The van der Waals surface area contributed by atoms with Gasteiger partial charge in [0.1, 0.15) is 6.07 Å². The minimum atomic E-state index is 0.677. The molecule has 3 aromatic rings. The Balaban J connectivity index is 2.52. The van der Waals surface area contributed by atoms with Gasteiger partial charge in [0.15, 0.2) is 5.65 Å². The van der Waals surface area contributed by atoms with E-state index in [4.69, 9.17) is 4.98 Å². The largest absolute Gasteiger partial charge is 0.286 e. The zero-order chi connectivity index (χ0) is 15.7. The molecule has 0 aliphatic rings. The molecule has 0 N–H and O–H groups in total. The summed E-state index contributed by atoms with van der Waals surface area (Å²) in [5.74, 6) is 0.833. The van der Waals surface area contributed by atoms with Crippen molar-refractivity contribution in [2.24, 2.45) is 0 Å². The minimum absolute atomic E-state index is 0.677. The van der Waals surface area contributed by atoms with Crippen molar-refractivity contribution in [2.45, 2.75) is 25.3 Å². The lowest BCUT2D eigenvalue weighted by atomic mass is 10.0. The highest BCUT2D eigenvalue weighted by Crippen LogP contribution is 2.33. The van der Waals surface area contributed by atoms with Crippen LogP contribution < -0.4 is 0 Å². The van der Waals surface area contributed by atoms with Gasteiger partial charge in [0.25, 0.3) is 0 Å². The van der Waals surface area contributed by atoms with Crippen molar-refractivity contribution in [2.75, 3.05) is 5.75 Å². The number of nitriles is 1. The third-order valence-corrected chi connectivity index (χ3v) is 4.98. The number of para-hydroxylation sites is 2. The van der Waals surface area contributed by atoms with Gasteiger partial charge >= 0.3 is 0 Å². The van der Waals surface area contributed by atoms with Gasteiger partial charge < -0.3 is 0 Å². The summed E-state index contributed by atoms with van der Waals surface area (Å²) in [6.45, 7) is 7.97. The van der Waals surface area contributed by atoms with E-state index < -0.39 is 0 Å². The average Bonchev–Trinajstić information content (AvgIpc) is 2.91. The van der Waals surface area contributed by atoms with Crippen LogP contribution in [0.2, 0.25) is 0 Å². The topological polar surface area (TPSA) is 41.1 Å². The molecule has 0 aliphatic heterocycles. The summed E-state index contributed by atoms with van der Waals surface area (Å²) in [4.78, 5) is 4.69. The molecule has 3 rings (SSSR count). The van der Waals surface area contributed by atoms with Crippen LogP contribution in [0, 0.1) is 18.3 Å². The summed E-state index contributed by atoms with van der Waals surface area (Å²) in [7, 11) is 0. The van der Waals surface area contributed by atoms with Crippen molar-refractivity contribution in [1.29, 1.82) is 5.26 Å². The number of benzene rings is 1. The lowest BCUT2D eigenvalue weighted by Crippen LogP contribution is -2.04. The fraction of sp³-hybridized carbons (Fsp3) is 0.222. The summed E-state index contributed by atoms with van der Waals surface area (Å²) >= 11 is 1.75. The normalized spacial score (nSPS) is 11.0. The monoisotopic (exact) mass is 307 g/mol. The van der Waals surface area contributed by atoms with Crippen molar-refractivity contribution in [3.8, 4) is 6.07 Å². The zero-order valence-electron chi connectivity index (χ0n) is 12.8. The van der Waals surface area contributed by atoms with Gasteiger partial charge in [-0.3, -0.25) is 4.40 Å². The number of rotatable bonds is 4. The molecule has 110 valence electrons. The smallest absolute Gasteiger partial charge is 0.157 e. The number of aromatic nitrogens is 2. The fourth-order valence-electron chi connectivity index (χ4n) is 2.85. The second-order valence-electron chi connectivity index (χ2n) is 5.11. The highest BCUT2D eigenvalue weighted by atomic mass is 32.2. The maximum atomic E-state index is 9.60. The van der Waals surface area contributed by atoms with Crippen LogP contribution in [-0.4, -0.2) is 15.1 Å². The first-order chi connectivity index (χ1) is 10.7. The maximum absolute atomic E-state index is 9.60. The molecule has 4 heteroatoms. The Hall–Kier alpha value is -2.25. The summed E-state index contributed by atoms with van der Waals surface area (Å²) in [5.41, 5.74) is 5.67. The Morgan fingerprint density at radius 1 is 1.41 bits per heavy atom. The molecular formula is C18H17N3S. The van der Waals surface area contributed by atoms with Gasteiger partial charge in [0.05, 0.1) is 21.6 Å². The first-order valence-electron chi connectivity index (χ1n) is 7.29. The van der Waals surface area contributed by atoms with Gasteiger partial charge in [-0.25, -0.2) is 4.98 Å². The van der Waals surface area contributed by atoms with Gasteiger partial charge in [-0.1, -0.05) is 25.1 Å². The molecule has 0 fully saturated rings. The van der Waals surface area contributed by atoms with Crippen molar-refractivity contribution >= 4 is 28.4 Å². The predicted molar refractivity (Wildman–Crippen MR) is 92.4 cm³/mol. The summed E-state index contributed by atoms with van der Waals surface area (Å²) in [5, 5.41) is 10.8. The molecular weight excluding hydrogens is 290 g/mol. The van der Waals surface area contributed by atoms with Crippen LogP contribution in [0.1, 0.15) is 23.6 Å². The minimum Gasteiger partial charge on any atom is -0.286 e. The lowest BCUT2D eigenvalue weighted by Gasteiger charge is -2.15. The van der Waals surface area contributed by atoms with Crippen molar-refractivity contribution in [3.63, 3.8) is 0 Å². The molecule has 0 radical (unpaired) electrons. The number of pyridine rings is 1. The molecule has 2 heterocycles. The number of hydrogen-bond acceptors (Lipinski definition) is 3. The van der Waals surface area contributed by atoms with Crippen LogP contribution >= 0.6 is 11.8 Å². The second-order valence-corrected chi connectivity index (χ2v) is 6.12. The van der Waals surface area contributed by atoms with Crippen LogP contribution in [0.3, 0.4) is 0 Å². The van der Waals surface area contributed by atoms with Crippen LogP contribution in [0.5, 0.6) is 0 Å². The van der Waals surface area contributed by atoms with E-state index in [1.54, 1.807) is 11.8 Å². The van der Waals surface area contributed by atoms with Gasteiger partial charge in [-0.2, -0.15) is 5.26 Å². The number of fused-ring (bicyclic) bond motifs is 3. The van der Waals surface area contributed by atoms with Crippen LogP contribution in [0.25, 0.3) is 16.7 Å². The average molecular weight is 307 g/mol. The van der Waals surface area contributed by atoms with E-state index in [1.807, 2.05) is 31.2 Å². The van der Waals surface area contributed by atoms with E-state index in [2.05, 4.69) is 30.0 Å². The quantitative estimate of drug-likeness (QED) is 0.526. The standard InChI is InChI=1S/C18H17N3S/c1-4-10-22-18-13(5-2)12(3)14(11-19)17-20-15-8-6-7-9-16(15)21(17)18/h4,6-9H,1,5,10H2,2-3H3. The predicted octanol–water partition coefficient (Wildman–Crippen LogP) is 4.51. The zero-order valence-corrected chi connectivity index (χ0v) is 13.6. The summed E-state index contributed by atoms with van der Waals surface area (Å²) < 4.78 is 2.13. The molecule has 0 unspecified atom stereocenters. The molecule has 0 atom stereocenters. The number of imidazole rings is 1. The van der Waals surface area contributed by atoms with Crippen LogP contribution in [0.4, 0.5) is 0 Å². The van der Waals surface area contributed by atoms with E-state index in [9.17, 15) is 5.26 Å². The molecule has 0 saturated heterocycles. The lowest BCUT2D eigenvalue weighted by molar-refractivity contribution is 0.938. The first-order valence-corrected chi connectivity index (χ1v) is 8.27. The molecule has 0 bridgehead atoms. The van der Waals surface area contributed by atoms with Crippen molar-refractivity contribution in [1.82, 2.24) is 9.38 Å². The molecule has 0 aliphatic carbocycles. The molecule has 1 aromatic carbocycles. The fourth-order valence-corrected chi connectivity index (χ4v) is 3.91. The summed E-state index contributed by atoms with van der Waals surface area (Å²) in [6, 6.07) is 10.4. The molecule has 0 amide bonds. The Bertz CT molecular complexity index is 916. The number of hydrogen-bond donors (Lipinski definition) is 0. The maximum Gasteiger partial charge on any atom is 0.157 e. The molecule has 22 heavy (non-hydrogen) atoms. The van der Waals surface area contributed by atoms with E-state index in [-0.39, 0.29) is 0 Å². The Morgan fingerprint density at radius 3 is 2.86 bits per heavy atom. The highest BCUT2D eigenvalue weighted by molar-refractivity contribution is 7.99. The molecule has 0 saturated carbocycles. The Morgan fingerprint density at radius 2 is 2.18 bits per heavy atom. The van der Waals surface area contributed by atoms with E-state index in [0.29, 0.717) is 5.56 Å². The van der Waals surface area contributed by atoms with Crippen molar-refractivity contribution < 1.29 is 0 Å². The molecule has 0 spiro atoms. The van der Waals surface area contributed by atoms with E-state index >= 15 is 0 Å². The van der Waals surface area contributed by atoms with Crippen LogP contribution in [-0.2, 0) is 6.42 Å². The first kappa shape index (κ1) is 14.7. The molecule has 3 nitrogen and oxygen atoms in total. The third kappa shape index (κ3) is 2.10. The molecule has 2 aromatic heterocycles. The Kier molecular flexibility index (Phi) is 3.91. The van der Waals surface area contributed by atoms with Crippen LogP contribution in [0.15, 0.2) is 41.9 Å². The number of thioether (sulfide) groups is 1. The van der Waals surface area contributed by atoms with Gasteiger partial charge in [0.2, 0.25) is 0 Å².